The summed E-state index contributed by atoms with van der Waals surface area (Å²) in [7, 11) is 0.385. The maximum Gasteiger partial charge on any atom is 0.482 e. The number of benzene rings is 1. The number of carboxylic acid groups (broad SMARTS) is 1. The number of aromatic carboxylic acids is 1. The van der Waals surface area contributed by atoms with Crippen LogP contribution in [0.5, 0.6) is 5.75 Å². The van der Waals surface area contributed by atoms with E-state index in [9.17, 15) is 33.9 Å². The molecular weight excluding hydrogens is 785 g/mol. The van der Waals surface area contributed by atoms with Crippen molar-refractivity contribution in [3.05, 3.63) is 40.4 Å². The van der Waals surface area contributed by atoms with Gasteiger partial charge in [-0.2, -0.15) is 0 Å². The Bertz CT molecular complexity index is 1970. The van der Waals surface area contributed by atoms with Crippen LogP contribution in [0.15, 0.2) is 23.6 Å². The summed E-state index contributed by atoms with van der Waals surface area (Å²) >= 11 is 1.14. The van der Waals surface area contributed by atoms with Crippen LogP contribution in [0.1, 0.15) is 89.0 Å². The van der Waals surface area contributed by atoms with Crippen LogP contribution in [0, 0.1) is 17.3 Å². The van der Waals surface area contributed by atoms with E-state index in [1.165, 1.54) is 18.1 Å². The summed E-state index contributed by atoms with van der Waals surface area (Å²) in [6, 6.07) is 2.25. The number of amides is 6. The Kier molecular flexibility index (Phi) is 12.5. The quantitative estimate of drug-likeness (QED) is 0.105. The summed E-state index contributed by atoms with van der Waals surface area (Å²) in [5, 5.41) is 23.3. The number of thiazole rings is 1. The molecule has 2 aromatic rings. The Morgan fingerprint density at radius 3 is 2.49 bits per heavy atom. The summed E-state index contributed by atoms with van der Waals surface area (Å²) in [4.78, 5) is 85.2. The van der Waals surface area contributed by atoms with E-state index in [1.54, 1.807) is 45.2 Å². The van der Waals surface area contributed by atoms with Gasteiger partial charge in [0.25, 0.3) is 0 Å². The SMILES string of the molecule is CCN1CCN(C(=O)NC(C(=O)NC(Cc2cccc(C(=O)O)c2OC)B2O[C@@H]3C[C@@H]4C[C@@H](C4(C)C)[C@]3(C)O2)c2csc(NCCNC(=O)OC(C)(C)C)n2)C(=O)C1=O. The van der Waals surface area contributed by atoms with Gasteiger partial charge in [-0.25, -0.2) is 19.4 Å². The Labute approximate surface area is 347 Å². The van der Waals surface area contributed by atoms with Crippen molar-refractivity contribution in [2.75, 3.05) is 45.2 Å². The van der Waals surface area contributed by atoms with E-state index in [2.05, 4.69) is 40.1 Å². The largest absolute Gasteiger partial charge is 0.496 e. The molecule has 2 aliphatic heterocycles. The number of ether oxygens (including phenoxy) is 2. The molecule has 5 fully saturated rings. The van der Waals surface area contributed by atoms with Crippen LogP contribution in [-0.2, 0) is 34.9 Å². The van der Waals surface area contributed by atoms with E-state index in [0.29, 0.717) is 23.2 Å². The molecular formula is C39H54BN7O11S. The second-order valence-electron chi connectivity index (χ2n) is 17.1. The number of nitrogens with one attached hydrogen (secondary N) is 4. The van der Waals surface area contributed by atoms with Crippen molar-refractivity contribution in [1.29, 1.82) is 0 Å². The number of nitrogens with zero attached hydrogens (tertiary/aromatic N) is 3. The molecule has 6 atom stereocenters. The van der Waals surface area contributed by atoms with Gasteiger partial charge >= 0.3 is 37.0 Å². The van der Waals surface area contributed by atoms with Gasteiger partial charge in [0.2, 0.25) is 5.91 Å². The van der Waals surface area contributed by atoms with Crippen LogP contribution < -0.4 is 26.0 Å². The molecule has 0 spiro atoms. The zero-order chi connectivity index (χ0) is 43.0. The minimum atomic E-state index is -1.48. The van der Waals surface area contributed by atoms with Crippen LogP contribution >= 0.6 is 11.3 Å². The zero-order valence-electron chi connectivity index (χ0n) is 34.7. The number of alkyl carbamates (subject to hydrolysis) is 1. The monoisotopic (exact) mass is 839 g/mol. The molecule has 0 radical (unpaired) electrons. The number of imide groups is 1. The minimum absolute atomic E-state index is 0.0160. The number of hydrogen-bond acceptors (Lipinski definition) is 13. The number of urea groups is 1. The number of aromatic nitrogens is 1. The molecule has 3 saturated carbocycles. The predicted octanol–water partition coefficient (Wildman–Crippen LogP) is 3.22. The molecule has 3 heterocycles. The number of hydrogen-bond donors (Lipinski definition) is 5. The zero-order valence-corrected chi connectivity index (χ0v) is 35.5. The van der Waals surface area contributed by atoms with Gasteiger partial charge in [0, 0.05) is 38.1 Å². The lowest BCUT2D eigenvalue weighted by Gasteiger charge is -2.64. The molecule has 6 amide bonds. The van der Waals surface area contributed by atoms with E-state index in [1.807, 2.05) is 6.92 Å². The second-order valence-corrected chi connectivity index (χ2v) is 18.0. The molecule has 59 heavy (non-hydrogen) atoms. The van der Waals surface area contributed by atoms with Crippen molar-refractivity contribution in [2.45, 2.75) is 97.0 Å². The summed E-state index contributed by atoms with van der Waals surface area (Å²) < 4.78 is 24.3. The summed E-state index contributed by atoms with van der Waals surface area (Å²) in [5.41, 5.74) is -0.778. The number of anilines is 1. The van der Waals surface area contributed by atoms with Crippen LogP contribution in [0.3, 0.4) is 0 Å². The minimum Gasteiger partial charge on any atom is -0.496 e. The predicted molar refractivity (Wildman–Crippen MR) is 216 cm³/mol. The van der Waals surface area contributed by atoms with Crippen molar-refractivity contribution >= 4 is 59.4 Å². The van der Waals surface area contributed by atoms with Gasteiger partial charge < -0.3 is 50.1 Å². The van der Waals surface area contributed by atoms with E-state index in [-0.39, 0.29) is 67.0 Å². The average Bonchev–Trinajstić information content (AvgIpc) is 3.79. The number of likely N-dealkylation sites (N-methyl/N-ethyl adjacent to an activating group) is 1. The fourth-order valence-electron chi connectivity index (χ4n) is 8.74. The Hall–Kier alpha value is -4.95. The van der Waals surface area contributed by atoms with Crippen LogP contribution in [0.4, 0.5) is 14.7 Å². The van der Waals surface area contributed by atoms with E-state index in [0.717, 1.165) is 29.1 Å². The third-order valence-electron chi connectivity index (χ3n) is 11.9. The lowest BCUT2D eigenvalue weighted by Crippen LogP contribution is -2.65. The molecule has 5 aliphatic rings. The first-order valence-electron chi connectivity index (χ1n) is 19.9. The highest BCUT2D eigenvalue weighted by atomic mass is 32.1. The molecule has 7 rings (SSSR count). The molecule has 2 bridgehead atoms. The topological polar surface area (TPSA) is 227 Å². The Morgan fingerprint density at radius 1 is 1.08 bits per heavy atom. The van der Waals surface area contributed by atoms with Gasteiger partial charge in [-0.1, -0.05) is 26.0 Å². The highest BCUT2D eigenvalue weighted by molar-refractivity contribution is 7.13. The lowest BCUT2D eigenvalue weighted by atomic mass is 9.43. The van der Waals surface area contributed by atoms with Crippen molar-refractivity contribution in [2.24, 2.45) is 17.3 Å². The summed E-state index contributed by atoms with van der Waals surface area (Å²) in [6.07, 6.45) is 0.933. The summed E-state index contributed by atoms with van der Waals surface area (Å²) in [5.74, 6) is -3.97. The standard InChI is InChI=1S/C39H54BN7O11S/c1-9-46-15-16-47(32(50)31(46)49)35(53)45-28(24-20-59-34(43-24)41-13-14-42-36(54)56-37(2,3)4)30(48)44-27(17-21-11-10-12-23(33(51)52)29(21)55-8)40-57-26-19-22-18-25(38(22,5)6)39(26,7)58-40/h10-12,20,22,25-28H,9,13-19H2,1-8H3,(H,41,43)(H,42,54)(H,44,48)(H,45,53)(H,51,52)/t22-,25-,26+,27?,28?,39-/m0/s1. The Morgan fingerprint density at radius 2 is 1.83 bits per heavy atom. The molecule has 18 nitrogen and oxygen atoms in total. The smallest absolute Gasteiger partial charge is 0.482 e. The number of carboxylic acids is 1. The molecule has 20 heteroatoms. The van der Waals surface area contributed by atoms with Crippen molar-refractivity contribution < 1.29 is 52.7 Å². The molecule has 320 valence electrons. The number of methoxy groups -OCH3 is 1. The maximum atomic E-state index is 14.7. The third kappa shape index (κ3) is 8.99. The number of piperazine rings is 1. The molecule has 5 N–H and O–H groups in total. The normalized spacial score (nSPS) is 24.3. The van der Waals surface area contributed by atoms with Gasteiger partial charge in [-0.05, 0) is 82.8 Å². The Balaban J connectivity index is 1.28. The molecule has 1 aromatic carbocycles. The van der Waals surface area contributed by atoms with Gasteiger partial charge in [0.15, 0.2) is 11.2 Å². The van der Waals surface area contributed by atoms with Gasteiger partial charge in [-0.15, -0.1) is 11.3 Å². The first-order chi connectivity index (χ1) is 27.8. The first kappa shape index (κ1) is 43.6. The molecule has 2 unspecified atom stereocenters. The number of rotatable bonds is 14. The maximum absolute atomic E-state index is 14.7. The molecule has 1 aromatic heterocycles. The summed E-state index contributed by atoms with van der Waals surface area (Å²) in [6.45, 7) is 14.3. The van der Waals surface area contributed by atoms with Crippen LogP contribution in [0.25, 0.3) is 0 Å². The number of para-hydroxylation sites is 1. The van der Waals surface area contributed by atoms with Gasteiger partial charge in [-0.3, -0.25) is 19.3 Å². The highest BCUT2D eigenvalue weighted by Gasteiger charge is 2.68. The lowest BCUT2D eigenvalue weighted by molar-refractivity contribution is -0.199. The van der Waals surface area contributed by atoms with Crippen molar-refractivity contribution in [1.82, 2.24) is 30.7 Å². The van der Waals surface area contributed by atoms with Gasteiger partial charge in [0.1, 0.15) is 16.9 Å². The van der Waals surface area contributed by atoms with E-state index < -0.39 is 66.1 Å². The van der Waals surface area contributed by atoms with Crippen LogP contribution in [0.2, 0.25) is 0 Å². The highest BCUT2D eigenvalue weighted by Crippen LogP contribution is 2.65. The molecule has 2 saturated heterocycles. The third-order valence-corrected chi connectivity index (χ3v) is 12.8. The molecule has 3 aliphatic carbocycles. The number of carbonyl (C=O) groups excluding carboxylic acids is 5. The average molecular weight is 840 g/mol. The number of carbonyl (C=O) groups is 6. The van der Waals surface area contributed by atoms with Crippen molar-refractivity contribution in [3.8, 4) is 5.75 Å². The first-order valence-corrected chi connectivity index (χ1v) is 20.8. The fraction of sp³-hybridized carbons (Fsp3) is 0.615. The van der Waals surface area contributed by atoms with Crippen LogP contribution in [-0.4, -0.2) is 126 Å². The van der Waals surface area contributed by atoms with Crippen molar-refractivity contribution in [3.63, 3.8) is 0 Å². The fourth-order valence-corrected chi connectivity index (χ4v) is 9.50. The van der Waals surface area contributed by atoms with E-state index >= 15 is 0 Å². The second kappa shape index (κ2) is 17.0. The van der Waals surface area contributed by atoms with Gasteiger partial charge in [0.05, 0.1) is 30.4 Å². The van der Waals surface area contributed by atoms with E-state index in [4.69, 9.17) is 18.8 Å².